The van der Waals surface area contributed by atoms with Crippen molar-refractivity contribution in [1.82, 2.24) is 10.9 Å². The summed E-state index contributed by atoms with van der Waals surface area (Å²) in [5.74, 6) is 0.250. The third-order valence-corrected chi connectivity index (χ3v) is 10.1. The minimum atomic E-state index is -3.82. The maximum absolute atomic E-state index is 14.4. The van der Waals surface area contributed by atoms with Crippen molar-refractivity contribution in [2.75, 3.05) is 26.1 Å². The van der Waals surface area contributed by atoms with Gasteiger partial charge in [-0.15, -0.1) is 0 Å². The molecular weight excluding hydrogens is 677 g/mol. The van der Waals surface area contributed by atoms with E-state index >= 15 is 0 Å². The number of hydrazine groups is 1. The number of nitrogens with one attached hydrogen (secondary N) is 2. The van der Waals surface area contributed by atoms with Crippen molar-refractivity contribution in [3.05, 3.63) is 124 Å². The fraction of sp³-hybridized carbons (Fsp3) is 0.257. The van der Waals surface area contributed by atoms with Gasteiger partial charge in [0.25, 0.3) is 5.91 Å². The van der Waals surface area contributed by atoms with E-state index in [0.29, 0.717) is 51.3 Å². The molecule has 0 unspecified atom stereocenters. The number of carbonyl (C=O) groups is 1. The number of aliphatic imine (C=N–C) groups is 1. The quantitative estimate of drug-likeness (QED) is 0.106. The second-order valence-electron chi connectivity index (χ2n) is 11.0. The van der Waals surface area contributed by atoms with Crippen LogP contribution in [0.2, 0.25) is 10.0 Å². The normalized spacial score (nSPS) is 17.3. The summed E-state index contributed by atoms with van der Waals surface area (Å²) >= 11 is 12.4. The summed E-state index contributed by atoms with van der Waals surface area (Å²) in [7, 11) is -2.30. The molecule has 0 bridgehead atoms. The van der Waals surface area contributed by atoms with Crippen molar-refractivity contribution in [2.24, 2.45) is 4.99 Å². The first-order valence-electron chi connectivity index (χ1n) is 15.1. The average Bonchev–Trinajstić information content (AvgIpc) is 3.50. The van der Waals surface area contributed by atoms with E-state index in [2.05, 4.69) is 10.9 Å². The summed E-state index contributed by atoms with van der Waals surface area (Å²) in [5, 5.41) is 9.95. The largest absolute Gasteiger partial charge is 0.497 e. The highest BCUT2D eigenvalue weighted by Crippen LogP contribution is 2.43. The molecule has 1 heterocycles. The highest BCUT2D eigenvalue weighted by molar-refractivity contribution is 7.91. The maximum atomic E-state index is 14.4. The second-order valence-corrected chi connectivity index (χ2v) is 13.9. The summed E-state index contributed by atoms with van der Waals surface area (Å²) < 4.78 is 44.7. The van der Waals surface area contributed by atoms with Gasteiger partial charge < -0.3 is 19.3 Å². The molecule has 0 aliphatic carbocycles. The number of halogens is 2. The lowest BCUT2D eigenvalue weighted by molar-refractivity contribution is -0.130. The molecule has 252 valence electrons. The lowest BCUT2D eigenvalue weighted by atomic mass is 9.85. The van der Waals surface area contributed by atoms with Gasteiger partial charge in [-0.25, -0.2) is 18.8 Å². The van der Waals surface area contributed by atoms with Crippen LogP contribution < -0.4 is 20.3 Å². The predicted molar refractivity (Wildman–Crippen MR) is 184 cm³/mol. The van der Waals surface area contributed by atoms with Gasteiger partial charge in [-0.1, -0.05) is 59.6 Å². The molecule has 4 aromatic rings. The van der Waals surface area contributed by atoms with Gasteiger partial charge in [0.15, 0.2) is 21.5 Å². The van der Waals surface area contributed by atoms with Crippen molar-refractivity contribution in [3.8, 4) is 11.5 Å². The molecule has 0 radical (unpaired) electrons. The fourth-order valence-electron chi connectivity index (χ4n) is 5.20. The van der Waals surface area contributed by atoms with E-state index in [0.717, 1.165) is 0 Å². The smallest absolute Gasteiger partial charge is 0.266 e. The Hall–Kier alpha value is -4.13. The summed E-state index contributed by atoms with van der Waals surface area (Å²) in [6.07, 6.45) is -0.760. The van der Waals surface area contributed by atoms with Crippen LogP contribution in [0.5, 0.6) is 11.5 Å². The number of carbonyl (C=O) groups excluding carboxylic acids is 1. The molecule has 0 saturated carbocycles. The number of nitrogens with zero attached hydrogens (tertiary/aromatic N) is 1. The summed E-state index contributed by atoms with van der Waals surface area (Å²) in [6, 6.07) is 27.1. The van der Waals surface area contributed by atoms with Gasteiger partial charge in [0.05, 0.1) is 24.4 Å². The molecule has 0 spiro atoms. The zero-order chi connectivity index (χ0) is 34.1. The number of aliphatic hydroxyl groups excluding tert-OH is 1. The van der Waals surface area contributed by atoms with Gasteiger partial charge in [-0.3, -0.25) is 10.2 Å². The zero-order valence-electron chi connectivity index (χ0n) is 26.1. The van der Waals surface area contributed by atoms with Crippen LogP contribution >= 0.6 is 23.2 Å². The minimum Gasteiger partial charge on any atom is -0.497 e. The average molecular weight is 713 g/mol. The number of benzene rings is 4. The minimum absolute atomic E-state index is 0.0140. The van der Waals surface area contributed by atoms with Crippen LogP contribution in [0.3, 0.4) is 0 Å². The topological polar surface area (TPSA) is 136 Å². The predicted octanol–water partition coefficient (Wildman–Crippen LogP) is 5.71. The summed E-state index contributed by atoms with van der Waals surface area (Å²) in [4.78, 5) is 19.4. The monoisotopic (exact) mass is 711 g/mol. The maximum Gasteiger partial charge on any atom is 0.266 e. The zero-order valence-corrected chi connectivity index (χ0v) is 28.4. The number of hydrogen-bond acceptors (Lipinski definition) is 9. The first-order chi connectivity index (χ1) is 23.1. The Morgan fingerprint density at radius 3 is 2.46 bits per heavy atom. The van der Waals surface area contributed by atoms with E-state index in [-0.39, 0.29) is 30.4 Å². The Balaban J connectivity index is 1.53. The first kappa shape index (κ1) is 35.2. The number of hydrogen-bond donors (Lipinski definition) is 3. The van der Waals surface area contributed by atoms with Crippen molar-refractivity contribution in [2.45, 2.75) is 35.9 Å². The van der Waals surface area contributed by atoms with E-state index in [1.54, 1.807) is 84.9 Å². The van der Waals surface area contributed by atoms with Gasteiger partial charge in [-0.2, -0.15) is 0 Å². The number of aliphatic hydroxyl groups is 1. The molecule has 0 saturated heterocycles. The Morgan fingerprint density at radius 2 is 1.75 bits per heavy atom. The lowest BCUT2D eigenvalue weighted by Gasteiger charge is -2.30. The molecule has 3 N–H and O–H groups in total. The molecule has 0 aromatic heterocycles. The van der Waals surface area contributed by atoms with E-state index in [1.807, 2.05) is 0 Å². The summed E-state index contributed by atoms with van der Waals surface area (Å²) in [5.41, 5.74) is 5.70. The van der Waals surface area contributed by atoms with Crippen molar-refractivity contribution < 1.29 is 32.5 Å². The van der Waals surface area contributed by atoms with Gasteiger partial charge in [-0.05, 0) is 71.8 Å². The van der Waals surface area contributed by atoms with E-state index in [1.165, 1.54) is 19.2 Å². The Kier molecular flexibility index (Phi) is 11.6. The van der Waals surface area contributed by atoms with Gasteiger partial charge in [0, 0.05) is 41.6 Å². The van der Waals surface area contributed by atoms with Crippen LogP contribution in [0.25, 0.3) is 0 Å². The first-order valence-corrected chi connectivity index (χ1v) is 17.6. The van der Waals surface area contributed by atoms with E-state index in [4.69, 9.17) is 47.5 Å². The van der Waals surface area contributed by atoms with Crippen LogP contribution in [0, 0.1) is 0 Å². The highest BCUT2D eigenvalue weighted by atomic mass is 35.5. The molecule has 48 heavy (non-hydrogen) atoms. The molecule has 1 aliphatic heterocycles. The molecule has 1 aliphatic rings. The molecular formula is C35H35Cl2N3O7S. The van der Waals surface area contributed by atoms with E-state index < -0.39 is 33.1 Å². The second kappa shape index (κ2) is 15.8. The SMILES string of the molecule is COc1cccc([C@@H]2OC(c3ccc(OCCCO)cc3)=N[C@]2(CCS(=O)(=O)c2ccccc2)C(=O)NNCc2ccc(Cl)cc2Cl)c1. The van der Waals surface area contributed by atoms with E-state index in [9.17, 15) is 13.2 Å². The van der Waals surface area contributed by atoms with Crippen LogP contribution in [0.1, 0.15) is 35.6 Å². The molecule has 13 heteroatoms. The van der Waals surface area contributed by atoms with Crippen molar-refractivity contribution >= 4 is 44.8 Å². The molecule has 0 fully saturated rings. The number of sulfone groups is 1. The highest BCUT2D eigenvalue weighted by Gasteiger charge is 2.54. The van der Waals surface area contributed by atoms with Crippen LogP contribution in [0.4, 0.5) is 0 Å². The Bertz CT molecular complexity index is 1860. The fourth-order valence-corrected chi connectivity index (χ4v) is 7.07. The van der Waals surface area contributed by atoms with Gasteiger partial charge in [0.2, 0.25) is 5.90 Å². The number of ether oxygens (including phenoxy) is 3. The van der Waals surface area contributed by atoms with Crippen molar-refractivity contribution in [1.29, 1.82) is 0 Å². The standard InChI is InChI=1S/C35H35Cl2N3O7S/c1-45-29-8-5-7-25(21-29)32-35(17-20-48(43,44)30-9-3-2-4-10-30,34(42)40-38-23-26-11-14-27(36)22-31(26)37)39-33(47-32)24-12-15-28(16-13-24)46-19-6-18-41/h2-5,7-16,21-22,32,38,41H,6,17-20,23H2,1H3,(H,40,42)/t32-,35-/m0/s1. The third-order valence-electron chi connectivity index (χ3n) is 7.78. The molecule has 4 aromatic carbocycles. The lowest BCUT2D eigenvalue weighted by Crippen LogP contribution is -2.53. The molecule has 1 amide bonds. The third kappa shape index (κ3) is 8.29. The number of rotatable bonds is 15. The Labute approximate surface area is 289 Å². The molecule has 2 atom stereocenters. The Morgan fingerprint density at radius 1 is 0.979 bits per heavy atom. The van der Waals surface area contributed by atoms with Crippen LogP contribution in [-0.2, 0) is 25.9 Å². The van der Waals surface area contributed by atoms with Gasteiger partial charge in [0.1, 0.15) is 11.5 Å². The van der Waals surface area contributed by atoms with Crippen molar-refractivity contribution in [3.63, 3.8) is 0 Å². The summed E-state index contributed by atoms with van der Waals surface area (Å²) in [6.45, 7) is 0.512. The van der Waals surface area contributed by atoms with Crippen LogP contribution in [0.15, 0.2) is 107 Å². The number of methoxy groups -OCH3 is 1. The molecule has 5 rings (SSSR count). The van der Waals surface area contributed by atoms with Crippen LogP contribution in [-0.4, -0.2) is 56.9 Å². The molecule has 10 nitrogen and oxygen atoms in total. The van der Waals surface area contributed by atoms with Gasteiger partial charge >= 0.3 is 0 Å². The number of amides is 1.